The third kappa shape index (κ3) is 5.09. The van der Waals surface area contributed by atoms with Crippen LogP contribution < -0.4 is 5.32 Å². The molecule has 0 bridgehead atoms. The molecule has 2 aromatic heterocycles. The van der Waals surface area contributed by atoms with Crippen LogP contribution in [-0.2, 0) is 4.79 Å². The molecule has 2 aliphatic heterocycles. The van der Waals surface area contributed by atoms with E-state index in [1.165, 1.54) is 0 Å². The number of likely N-dealkylation sites (tertiary alicyclic amines) is 1. The van der Waals surface area contributed by atoms with E-state index in [-0.39, 0.29) is 42.7 Å². The quantitative estimate of drug-likeness (QED) is 0.770. The third-order valence-electron chi connectivity index (χ3n) is 5.38. The molecule has 29 heavy (non-hydrogen) atoms. The van der Waals surface area contributed by atoms with Crippen molar-refractivity contribution in [2.24, 2.45) is 0 Å². The van der Waals surface area contributed by atoms with E-state index in [0.717, 1.165) is 49.4 Å². The van der Waals surface area contributed by atoms with Gasteiger partial charge in [0.25, 0.3) is 5.91 Å². The number of piperazine rings is 1. The van der Waals surface area contributed by atoms with Crippen molar-refractivity contribution in [3.05, 3.63) is 40.2 Å². The molecule has 9 heteroatoms. The van der Waals surface area contributed by atoms with Gasteiger partial charge in [0.2, 0.25) is 5.91 Å². The van der Waals surface area contributed by atoms with E-state index in [9.17, 15) is 9.59 Å². The fourth-order valence-corrected chi connectivity index (χ4v) is 4.58. The topological polar surface area (TPSA) is 65.5 Å². The molecule has 1 atom stereocenters. The molecule has 0 saturated carbocycles. The number of hydrogen-bond acceptors (Lipinski definition) is 5. The van der Waals surface area contributed by atoms with Crippen molar-refractivity contribution in [1.82, 2.24) is 20.1 Å². The Hall–Kier alpha value is -1.67. The third-order valence-corrected chi connectivity index (χ3v) is 6.07. The van der Waals surface area contributed by atoms with Crippen LogP contribution in [0.15, 0.2) is 29.0 Å². The summed E-state index contributed by atoms with van der Waals surface area (Å²) in [6.07, 6.45) is 1.89. The highest BCUT2D eigenvalue weighted by Gasteiger charge is 2.32. The maximum atomic E-state index is 13.1. The maximum Gasteiger partial charge on any atom is 0.255 e. The summed E-state index contributed by atoms with van der Waals surface area (Å²) in [5, 5.41) is 7.19. The largest absolute Gasteiger partial charge is 0.337 e. The Balaban J connectivity index is 0.00000150. The number of aromatic nitrogens is 1. The lowest BCUT2D eigenvalue weighted by Gasteiger charge is -2.41. The second-order valence-corrected chi connectivity index (χ2v) is 7.93. The number of rotatable bonds is 3. The van der Waals surface area contributed by atoms with E-state index in [1.807, 2.05) is 40.3 Å². The molecule has 0 spiro atoms. The highest BCUT2D eigenvalue weighted by atomic mass is 35.5. The van der Waals surface area contributed by atoms with Crippen LogP contribution in [0.2, 0.25) is 0 Å². The predicted molar refractivity (Wildman–Crippen MR) is 120 cm³/mol. The highest BCUT2D eigenvalue weighted by molar-refractivity contribution is 7.08. The van der Waals surface area contributed by atoms with E-state index in [4.69, 9.17) is 0 Å². The van der Waals surface area contributed by atoms with E-state index in [2.05, 4.69) is 15.7 Å². The number of amides is 2. The van der Waals surface area contributed by atoms with Gasteiger partial charge in [-0.05, 0) is 43.3 Å². The maximum absolute atomic E-state index is 13.1. The minimum absolute atomic E-state index is 0. The lowest BCUT2D eigenvalue weighted by molar-refractivity contribution is -0.135. The minimum atomic E-state index is 0. The van der Waals surface area contributed by atoms with Gasteiger partial charge in [-0.3, -0.25) is 14.6 Å². The number of piperidine rings is 1. The van der Waals surface area contributed by atoms with Gasteiger partial charge in [-0.15, -0.1) is 24.8 Å². The average Bonchev–Trinajstić information content (AvgIpc) is 3.23. The Morgan fingerprint density at radius 3 is 2.76 bits per heavy atom. The van der Waals surface area contributed by atoms with Crippen LogP contribution in [-0.4, -0.2) is 65.4 Å². The molecule has 2 fully saturated rings. The van der Waals surface area contributed by atoms with Crippen molar-refractivity contribution < 1.29 is 9.59 Å². The number of carbonyl (C=O) groups excluding carboxylic acids is 2. The van der Waals surface area contributed by atoms with Gasteiger partial charge < -0.3 is 15.1 Å². The van der Waals surface area contributed by atoms with Crippen LogP contribution in [0, 0.1) is 6.92 Å². The molecule has 2 aliphatic rings. The summed E-state index contributed by atoms with van der Waals surface area (Å²) in [4.78, 5) is 33.8. The normalized spacial score (nSPS) is 19.3. The molecular weight excluding hydrogens is 431 g/mol. The van der Waals surface area contributed by atoms with Gasteiger partial charge in [0.05, 0.1) is 23.5 Å². The summed E-state index contributed by atoms with van der Waals surface area (Å²) in [6, 6.07) is 5.96. The summed E-state index contributed by atoms with van der Waals surface area (Å²) in [6.45, 7) is 5.18. The van der Waals surface area contributed by atoms with E-state index in [1.54, 1.807) is 11.3 Å². The lowest BCUT2D eigenvalue weighted by Crippen LogP contribution is -2.57. The number of thiophene rings is 1. The molecule has 2 amide bonds. The molecule has 2 saturated heterocycles. The second-order valence-electron chi connectivity index (χ2n) is 7.15. The molecule has 1 unspecified atom stereocenters. The fraction of sp³-hybridized carbons (Fsp3) is 0.450. The summed E-state index contributed by atoms with van der Waals surface area (Å²) in [7, 11) is 0. The van der Waals surface area contributed by atoms with E-state index < -0.39 is 0 Å². The number of aryl methyl sites for hydroxylation is 1. The first kappa shape index (κ1) is 23.6. The SMILES string of the molecule is Cc1nc(-c2ccsc2)ccc1C(=O)N1CCCC(N2CCNCC2=O)C1.Cl.Cl. The zero-order chi connectivity index (χ0) is 18.8. The van der Waals surface area contributed by atoms with Crippen LogP contribution in [0.5, 0.6) is 0 Å². The van der Waals surface area contributed by atoms with Crippen LogP contribution in [0.1, 0.15) is 28.9 Å². The summed E-state index contributed by atoms with van der Waals surface area (Å²) in [5.74, 6) is 0.155. The Labute approximate surface area is 187 Å². The fourth-order valence-electron chi connectivity index (χ4n) is 3.93. The molecule has 6 nitrogen and oxygen atoms in total. The molecule has 158 valence electrons. The molecule has 2 aromatic rings. The van der Waals surface area contributed by atoms with Crippen molar-refractivity contribution in [1.29, 1.82) is 0 Å². The summed E-state index contributed by atoms with van der Waals surface area (Å²) in [5.41, 5.74) is 3.39. The standard InChI is InChI=1S/C20H24N4O2S.2ClH/c1-14-17(4-5-18(22-14)15-6-10-27-13-15)20(26)23-8-2-3-16(12-23)24-9-7-21-11-19(24)25;;/h4-6,10,13,16,21H,2-3,7-9,11-12H2,1H3;2*1H. The average molecular weight is 457 g/mol. The lowest BCUT2D eigenvalue weighted by atomic mass is 10.0. The molecule has 1 N–H and O–H groups in total. The molecule has 4 heterocycles. The molecule has 4 rings (SSSR count). The van der Waals surface area contributed by atoms with Crippen molar-refractivity contribution in [3.63, 3.8) is 0 Å². The van der Waals surface area contributed by atoms with Crippen molar-refractivity contribution in [2.45, 2.75) is 25.8 Å². The second kappa shape index (κ2) is 10.4. The number of hydrogen-bond donors (Lipinski definition) is 1. The number of nitrogens with zero attached hydrogens (tertiary/aromatic N) is 3. The van der Waals surface area contributed by atoms with Gasteiger partial charge in [0.1, 0.15) is 0 Å². The van der Waals surface area contributed by atoms with Crippen LogP contribution in [0.4, 0.5) is 0 Å². The van der Waals surface area contributed by atoms with Crippen molar-refractivity contribution >= 4 is 48.0 Å². The van der Waals surface area contributed by atoms with Crippen molar-refractivity contribution in [2.75, 3.05) is 32.7 Å². The van der Waals surface area contributed by atoms with Crippen molar-refractivity contribution in [3.8, 4) is 11.3 Å². The molecular formula is C20H26Cl2N4O2S. The summed E-state index contributed by atoms with van der Waals surface area (Å²) >= 11 is 1.64. The van der Waals surface area contributed by atoms with Gasteiger partial charge in [-0.2, -0.15) is 11.3 Å². The van der Waals surface area contributed by atoms with Gasteiger partial charge in [0, 0.05) is 43.2 Å². The summed E-state index contributed by atoms with van der Waals surface area (Å²) < 4.78 is 0. The Morgan fingerprint density at radius 1 is 1.24 bits per heavy atom. The number of halogens is 2. The smallest absolute Gasteiger partial charge is 0.255 e. The van der Waals surface area contributed by atoms with Gasteiger partial charge >= 0.3 is 0 Å². The molecule has 0 aromatic carbocycles. The Kier molecular flexibility index (Phi) is 8.46. The first-order valence-corrected chi connectivity index (χ1v) is 10.4. The van der Waals surface area contributed by atoms with Gasteiger partial charge in [-0.1, -0.05) is 0 Å². The predicted octanol–water partition coefficient (Wildman–Crippen LogP) is 3.00. The van der Waals surface area contributed by atoms with Crippen LogP contribution in [0.25, 0.3) is 11.3 Å². The van der Waals surface area contributed by atoms with Gasteiger partial charge in [-0.25, -0.2) is 0 Å². The number of carbonyl (C=O) groups is 2. The zero-order valence-electron chi connectivity index (χ0n) is 16.3. The Morgan fingerprint density at radius 2 is 2.07 bits per heavy atom. The Bertz CT molecular complexity index is 847. The molecule has 0 aliphatic carbocycles. The highest BCUT2D eigenvalue weighted by Crippen LogP contribution is 2.24. The molecule has 0 radical (unpaired) electrons. The monoisotopic (exact) mass is 456 g/mol. The van der Waals surface area contributed by atoms with E-state index >= 15 is 0 Å². The van der Waals surface area contributed by atoms with Crippen LogP contribution >= 0.6 is 36.2 Å². The first-order chi connectivity index (χ1) is 13.1. The van der Waals surface area contributed by atoms with Gasteiger partial charge in [0.15, 0.2) is 0 Å². The zero-order valence-corrected chi connectivity index (χ0v) is 18.7. The number of pyridine rings is 1. The number of nitrogens with one attached hydrogen (secondary N) is 1. The van der Waals surface area contributed by atoms with E-state index in [0.29, 0.717) is 18.7 Å². The minimum Gasteiger partial charge on any atom is -0.337 e. The van der Waals surface area contributed by atoms with Crippen LogP contribution in [0.3, 0.4) is 0 Å². The first-order valence-electron chi connectivity index (χ1n) is 9.43.